The molecule has 3 nitrogen and oxygen atoms in total. The molecule has 0 aromatic carbocycles. The summed E-state index contributed by atoms with van der Waals surface area (Å²) in [5.41, 5.74) is 3.80. The summed E-state index contributed by atoms with van der Waals surface area (Å²) >= 11 is 4.46. The fourth-order valence-corrected chi connectivity index (χ4v) is 8.06. The van der Waals surface area contributed by atoms with E-state index < -0.39 is 0 Å². The van der Waals surface area contributed by atoms with Crippen LogP contribution in [0.2, 0.25) is 0 Å². The van der Waals surface area contributed by atoms with Crippen molar-refractivity contribution >= 4 is 34.4 Å². The van der Waals surface area contributed by atoms with E-state index in [0.29, 0.717) is 11.4 Å². The van der Waals surface area contributed by atoms with Gasteiger partial charge in [0.2, 0.25) is 5.43 Å². The zero-order valence-corrected chi connectivity index (χ0v) is 28.3. The van der Waals surface area contributed by atoms with E-state index in [0.717, 1.165) is 34.3 Å². The van der Waals surface area contributed by atoms with Crippen molar-refractivity contribution in [2.45, 2.75) is 155 Å². The number of rotatable bonds is 24. The Kier molecular flexibility index (Phi) is 17.8. The van der Waals surface area contributed by atoms with Crippen molar-refractivity contribution in [2.24, 2.45) is 0 Å². The minimum Gasteiger partial charge on any atom is -0.285 e. The number of hydrogen-bond acceptors (Lipinski definition) is 6. The number of thiophene rings is 2. The third kappa shape index (κ3) is 13.2. The molecule has 0 saturated carbocycles. The molecule has 3 aromatic heterocycles. The van der Waals surface area contributed by atoms with Crippen LogP contribution in [-0.4, -0.2) is 8.75 Å². The highest BCUT2D eigenvalue weighted by atomic mass is 32.1. The fourth-order valence-electron chi connectivity index (χ4n) is 5.51. The lowest BCUT2D eigenvalue weighted by Gasteiger charge is -2.02. The highest BCUT2D eigenvalue weighted by Gasteiger charge is 2.16. The van der Waals surface area contributed by atoms with Crippen molar-refractivity contribution in [2.75, 3.05) is 0 Å². The summed E-state index contributed by atoms with van der Waals surface area (Å²) < 4.78 is 8.90. The van der Waals surface area contributed by atoms with E-state index in [1.54, 1.807) is 22.7 Å². The minimum absolute atomic E-state index is 0.0246. The van der Waals surface area contributed by atoms with E-state index >= 15 is 0 Å². The molecule has 6 heteroatoms. The molecule has 3 aromatic rings. The van der Waals surface area contributed by atoms with Crippen LogP contribution in [0, 0.1) is 0 Å². The van der Waals surface area contributed by atoms with Crippen LogP contribution in [-0.2, 0) is 12.8 Å². The molecule has 0 amide bonds. The molecule has 0 radical (unpaired) electrons. The standard InChI is InChI=1S/C35H54N2OS3/c1-3-5-7-9-11-13-15-17-19-21-23-29-25-31(39-27-29)33-35(38)34(37-41-36-33)32-26-30(28-40-32)24-22-20-18-16-14-12-10-8-6-4-2/h25-28H,3-24H2,1-2H3. The van der Waals surface area contributed by atoms with E-state index in [-0.39, 0.29) is 5.43 Å². The maximum atomic E-state index is 13.4. The van der Waals surface area contributed by atoms with Gasteiger partial charge >= 0.3 is 0 Å². The normalized spacial score (nSPS) is 11.5. The lowest BCUT2D eigenvalue weighted by molar-refractivity contribution is 0.556. The lowest BCUT2D eigenvalue weighted by Crippen LogP contribution is -2.09. The Hall–Kier alpha value is -1.37. The molecule has 0 atom stereocenters. The summed E-state index contributed by atoms with van der Waals surface area (Å²) in [5, 5.41) is 4.43. The maximum absolute atomic E-state index is 13.4. The van der Waals surface area contributed by atoms with Crippen LogP contribution in [0.1, 0.15) is 153 Å². The Balaban J connectivity index is 1.38. The summed E-state index contributed by atoms with van der Waals surface area (Å²) in [4.78, 5) is 15.3. The van der Waals surface area contributed by atoms with Crippen molar-refractivity contribution in [3.05, 3.63) is 44.2 Å². The molecule has 0 spiro atoms. The highest BCUT2D eigenvalue weighted by Crippen LogP contribution is 2.29. The molecule has 0 aliphatic heterocycles. The van der Waals surface area contributed by atoms with Gasteiger partial charge in [0.15, 0.2) is 0 Å². The van der Waals surface area contributed by atoms with Crippen molar-refractivity contribution < 1.29 is 0 Å². The second kappa shape index (κ2) is 21.3. The Labute approximate surface area is 262 Å². The summed E-state index contributed by atoms with van der Waals surface area (Å²) in [6, 6.07) is 4.37. The topological polar surface area (TPSA) is 42.9 Å². The molecule has 228 valence electrons. The minimum atomic E-state index is -0.0246. The SMILES string of the molecule is CCCCCCCCCCCCc1csc(-c2nsnc(-c3cc(CCCCCCCCCCCC)cs3)c2=O)c1. The van der Waals surface area contributed by atoms with Crippen LogP contribution < -0.4 is 5.43 Å². The number of nitrogens with zero attached hydrogens (tertiary/aromatic N) is 2. The first-order chi connectivity index (χ1) is 20.2. The van der Waals surface area contributed by atoms with Gasteiger partial charge in [0, 0.05) is 0 Å². The first kappa shape index (κ1) is 34.1. The van der Waals surface area contributed by atoms with E-state index in [9.17, 15) is 4.79 Å². The van der Waals surface area contributed by atoms with Crippen molar-refractivity contribution in [3.8, 4) is 21.1 Å². The molecule has 0 fully saturated rings. The van der Waals surface area contributed by atoms with Crippen LogP contribution in [0.4, 0.5) is 0 Å². The first-order valence-corrected chi connectivity index (χ1v) is 19.2. The average Bonchev–Trinajstić information content (AvgIpc) is 3.65. The number of unbranched alkanes of at least 4 members (excludes halogenated alkanes) is 18. The summed E-state index contributed by atoms with van der Waals surface area (Å²) in [5.74, 6) is 0. The zero-order valence-electron chi connectivity index (χ0n) is 25.9. The van der Waals surface area contributed by atoms with Gasteiger partial charge < -0.3 is 0 Å². The van der Waals surface area contributed by atoms with Crippen LogP contribution in [0.25, 0.3) is 21.1 Å². The average molecular weight is 615 g/mol. The molecule has 3 rings (SSSR count). The van der Waals surface area contributed by atoms with E-state index in [4.69, 9.17) is 0 Å². The van der Waals surface area contributed by atoms with Gasteiger partial charge in [-0.15, -0.1) is 22.7 Å². The Bertz CT molecular complexity index is 1050. The van der Waals surface area contributed by atoms with Crippen molar-refractivity contribution in [1.29, 1.82) is 0 Å². The Morgan fingerprint density at radius 1 is 0.512 bits per heavy atom. The smallest absolute Gasteiger partial charge is 0.234 e. The van der Waals surface area contributed by atoms with Crippen molar-refractivity contribution in [1.82, 2.24) is 8.75 Å². The molecule has 0 N–H and O–H groups in total. The number of aromatic nitrogens is 2. The Morgan fingerprint density at radius 2 is 0.854 bits per heavy atom. The van der Waals surface area contributed by atoms with Gasteiger partial charge in [-0.1, -0.05) is 129 Å². The third-order valence-corrected chi connectivity index (χ3v) is 10.6. The second-order valence-electron chi connectivity index (χ2n) is 11.8. The fraction of sp³-hybridized carbons (Fsp3) is 0.686. The molecular weight excluding hydrogens is 561 g/mol. The number of aryl methyl sites for hydroxylation is 2. The first-order valence-electron chi connectivity index (χ1n) is 16.7. The molecule has 0 aliphatic rings. The molecule has 0 aliphatic carbocycles. The third-order valence-electron chi connectivity index (χ3n) is 8.11. The van der Waals surface area contributed by atoms with E-state index in [1.165, 1.54) is 140 Å². The van der Waals surface area contributed by atoms with Crippen molar-refractivity contribution in [3.63, 3.8) is 0 Å². The second-order valence-corrected chi connectivity index (χ2v) is 14.1. The van der Waals surface area contributed by atoms with Crippen LogP contribution in [0.15, 0.2) is 27.7 Å². The quantitative estimate of drug-likeness (QED) is 0.0943. The van der Waals surface area contributed by atoms with Gasteiger partial charge in [-0.25, -0.2) is 0 Å². The lowest BCUT2D eigenvalue weighted by atomic mass is 10.0. The van der Waals surface area contributed by atoms with Gasteiger partial charge in [0.25, 0.3) is 0 Å². The predicted octanol–water partition coefficient (Wildman–Crippen LogP) is 12.3. The molecule has 0 saturated heterocycles. The molecule has 41 heavy (non-hydrogen) atoms. The molecular formula is C35H54N2OS3. The zero-order chi connectivity index (χ0) is 29.0. The van der Waals surface area contributed by atoms with Gasteiger partial charge in [-0.05, 0) is 59.7 Å². The number of hydrogen-bond donors (Lipinski definition) is 0. The maximum Gasteiger partial charge on any atom is 0.234 e. The predicted molar refractivity (Wildman–Crippen MR) is 184 cm³/mol. The van der Waals surface area contributed by atoms with E-state index in [2.05, 4.69) is 45.5 Å². The van der Waals surface area contributed by atoms with Crippen LogP contribution in [0.5, 0.6) is 0 Å². The summed E-state index contributed by atoms with van der Waals surface area (Å²) in [7, 11) is 0. The Morgan fingerprint density at radius 3 is 1.22 bits per heavy atom. The largest absolute Gasteiger partial charge is 0.285 e. The molecule has 0 bridgehead atoms. The highest BCUT2D eigenvalue weighted by molar-refractivity contribution is 7.14. The van der Waals surface area contributed by atoms with Crippen LogP contribution in [0.3, 0.4) is 0 Å². The van der Waals surface area contributed by atoms with Gasteiger partial charge in [-0.2, -0.15) is 8.75 Å². The van der Waals surface area contributed by atoms with E-state index in [1.807, 2.05) is 0 Å². The van der Waals surface area contributed by atoms with Gasteiger partial charge in [-0.3, -0.25) is 4.79 Å². The van der Waals surface area contributed by atoms with Crippen LogP contribution >= 0.6 is 34.4 Å². The summed E-state index contributed by atoms with van der Waals surface area (Å²) in [6.07, 6.45) is 29.3. The molecule has 0 unspecified atom stereocenters. The molecule has 3 heterocycles. The van der Waals surface area contributed by atoms with Gasteiger partial charge in [0.05, 0.1) is 21.5 Å². The summed E-state index contributed by atoms with van der Waals surface area (Å²) in [6.45, 7) is 4.56. The van der Waals surface area contributed by atoms with Gasteiger partial charge in [0.1, 0.15) is 11.4 Å². The monoisotopic (exact) mass is 614 g/mol.